The lowest BCUT2D eigenvalue weighted by Gasteiger charge is -2.26. The van der Waals surface area contributed by atoms with Gasteiger partial charge in [0.2, 0.25) is 0 Å². The molecule has 0 atom stereocenters. The van der Waals surface area contributed by atoms with Crippen LogP contribution in [0.5, 0.6) is 0 Å². The van der Waals surface area contributed by atoms with Crippen LogP contribution in [0.15, 0.2) is 78.9 Å². The molecular formula is C33H40N2. The van der Waals surface area contributed by atoms with Crippen LogP contribution in [0.25, 0.3) is 6.08 Å². The second-order valence-corrected chi connectivity index (χ2v) is 9.34. The number of benzene rings is 3. The van der Waals surface area contributed by atoms with E-state index in [2.05, 4.69) is 97.6 Å². The van der Waals surface area contributed by atoms with Crippen molar-refractivity contribution in [1.29, 1.82) is 5.26 Å². The molecule has 2 nitrogen and oxygen atoms in total. The van der Waals surface area contributed by atoms with E-state index >= 15 is 0 Å². The van der Waals surface area contributed by atoms with Crippen LogP contribution in [0.4, 0.5) is 17.1 Å². The second-order valence-electron chi connectivity index (χ2n) is 9.34. The lowest BCUT2D eigenvalue weighted by atomic mass is 10.0. The summed E-state index contributed by atoms with van der Waals surface area (Å²) in [4.78, 5) is 2.32. The third-order valence-corrected chi connectivity index (χ3v) is 6.53. The predicted molar refractivity (Wildman–Crippen MR) is 151 cm³/mol. The molecule has 0 saturated heterocycles. The van der Waals surface area contributed by atoms with Crippen molar-refractivity contribution in [3.05, 3.63) is 95.6 Å². The van der Waals surface area contributed by atoms with Gasteiger partial charge >= 0.3 is 0 Å². The van der Waals surface area contributed by atoms with Gasteiger partial charge in [0.25, 0.3) is 0 Å². The highest BCUT2D eigenvalue weighted by Crippen LogP contribution is 2.35. The number of hydrogen-bond donors (Lipinski definition) is 0. The fourth-order valence-electron chi connectivity index (χ4n) is 4.45. The highest BCUT2D eigenvalue weighted by Gasteiger charge is 2.12. The van der Waals surface area contributed by atoms with Gasteiger partial charge in [-0.3, -0.25) is 0 Å². The van der Waals surface area contributed by atoms with Crippen molar-refractivity contribution in [2.24, 2.45) is 0 Å². The summed E-state index contributed by atoms with van der Waals surface area (Å²) >= 11 is 0. The molecule has 0 saturated carbocycles. The quantitative estimate of drug-likeness (QED) is 0.175. The molecule has 0 spiro atoms. The molecule has 0 amide bonds. The van der Waals surface area contributed by atoms with Crippen molar-refractivity contribution >= 4 is 23.1 Å². The molecule has 182 valence electrons. The van der Waals surface area contributed by atoms with E-state index < -0.39 is 0 Å². The van der Waals surface area contributed by atoms with Crippen LogP contribution in [0.1, 0.15) is 81.9 Å². The Kier molecular flexibility index (Phi) is 11.2. The third kappa shape index (κ3) is 8.45. The monoisotopic (exact) mass is 464 g/mol. The Morgan fingerprint density at radius 3 is 1.43 bits per heavy atom. The molecule has 3 rings (SSSR count). The number of anilines is 3. The first kappa shape index (κ1) is 26.3. The Labute approximate surface area is 212 Å². The smallest absolute Gasteiger partial charge is 0.0912 e. The number of rotatable bonds is 14. The second kappa shape index (κ2) is 14.8. The van der Waals surface area contributed by atoms with Gasteiger partial charge in [0, 0.05) is 23.1 Å². The Hall–Kier alpha value is -3.31. The van der Waals surface area contributed by atoms with Crippen LogP contribution in [0.2, 0.25) is 0 Å². The van der Waals surface area contributed by atoms with Gasteiger partial charge in [0.05, 0.1) is 6.07 Å². The average Bonchev–Trinajstić information content (AvgIpc) is 2.90. The minimum absolute atomic E-state index is 1.03. The number of unbranched alkanes of at least 4 members (excludes halogenated alkanes) is 6. The summed E-state index contributed by atoms with van der Waals surface area (Å²) < 4.78 is 0. The Balaban J connectivity index is 1.82. The van der Waals surface area contributed by atoms with Crippen LogP contribution in [-0.4, -0.2) is 0 Å². The van der Waals surface area contributed by atoms with Gasteiger partial charge < -0.3 is 4.90 Å². The number of hydrogen-bond acceptors (Lipinski definition) is 2. The molecule has 3 aromatic rings. The highest BCUT2D eigenvalue weighted by atomic mass is 15.1. The maximum Gasteiger partial charge on any atom is 0.0912 e. The number of nitrogens with zero attached hydrogens (tertiary/aromatic N) is 2. The molecule has 0 aliphatic heterocycles. The molecule has 0 bridgehead atoms. The number of aryl methyl sites for hydroxylation is 2. The lowest BCUT2D eigenvalue weighted by molar-refractivity contribution is 0.667. The van der Waals surface area contributed by atoms with Crippen molar-refractivity contribution in [3.63, 3.8) is 0 Å². The van der Waals surface area contributed by atoms with Crippen LogP contribution < -0.4 is 4.90 Å². The zero-order valence-electron chi connectivity index (χ0n) is 21.5. The molecule has 0 heterocycles. The highest BCUT2D eigenvalue weighted by molar-refractivity contribution is 5.77. The fraction of sp³-hybridized carbons (Fsp3) is 0.364. The predicted octanol–water partition coefficient (Wildman–Crippen LogP) is 9.94. The summed E-state index contributed by atoms with van der Waals surface area (Å²) in [5.41, 5.74) is 7.29. The Morgan fingerprint density at radius 1 is 0.600 bits per heavy atom. The van der Waals surface area contributed by atoms with E-state index in [1.54, 1.807) is 0 Å². The molecule has 0 N–H and O–H groups in total. The maximum absolute atomic E-state index is 8.83. The van der Waals surface area contributed by atoms with Crippen LogP contribution >= 0.6 is 0 Å². The van der Waals surface area contributed by atoms with Crippen molar-refractivity contribution in [2.75, 3.05) is 4.90 Å². The fourth-order valence-corrected chi connectivity index (χ4v) is 4.45. The zero-order chi connectivity index (χ0) is 24.7. The standard InChI is InChI=1S/C33H40N2/c1-3-5-7-9-12-28-15-21-31(22-16-28)35(33-25-19-30(20-26-33)14-11-27-34)32-23-17-29(18-24-32)13-10-8-6-4-2/h11,14-26H,3-10,12-13H2,1-2H3/b14-11+. The zero-order valence-corrected chi connectivity index (χ0v) is 21.5. The number of allylic oxidation sites excluding steroid dienone is 1. The molecule has 0 aromatic heterocycles. The summed E-state index contributed by atoms with van der Waals surface area (Å²) in [5.74, 6) is 0. The van der Waals surface area contributed by atoms with Crippen LogP contribution in [0, 0.1) is 11.3 Å². The SMILES string of the molecule is CCCCCCc1ccc(N(c2ccc(/C=C/C#N)cc2)c2ccc(CCCCCC)cc2)cc1. The third-order valence-electron chi connectivity index (χ3n) is 6.53. The minimum Gasteiger partial charge on any atom is -0.311 e. The van der Waals surface area contributed by atoms with Crippen molar-refractivity contribution in [3.8, 4) is 6.07 Å². The summed E-state index contributed by atoms with van der Waals surface area (Å²) in [7, 11) is 0. The first-order valence-corrected chi connectivity index (χ1v) is 13.4. The van der Waals surface area contributed by atoms with Gasteiger partial charge in [-0.15, -0.1) is 0 Å². The molecule has 0 fully saturated rings. The van der Waals surface area contributed by atoms with Crippen molar-refractivity contribution in [2.45, 2.75) is 78.1 Å². The normalized spacial score (nSPS) is 11.0. The topological polar surface area (TPSA) is 27.0 Å². The first-order chi connectivity index (χ1) is 17.2. The van der Waals surface area contributed by atoms with E-state index in [0.29, 0.717) is 0 Å². The molecule has 0 aliphatic carbocycles. The largest absolute Gasteiger partial charge is 0.311 e. The Morgan fingerprint density at radius 2 is 1.03 bits per heavy atom. The first-order valence-electron chi connectivity index (χ1n) is 13.4. The molecular weight excluding hydrogens is 424 g/mol. The van der Waals surface area contributed by atoms with Gasteiger partial charge in [-0.05, 0) is 84.8 Å². The minimum atomic E-state index is 1.03. The summed E-state index contributed by atoms with van der Waals surface area (Å²) in [6.45, 7) is 4.52. The van der Waals surface area contributed by atoms with Gasteiger partial charge in [0.1, 0.15) is 0 Å². The molecule has 3 aromatic carbocycles. The van der Waals surface area contributed by atoms with Crippen LogP contribution in [-0.2, 0) is 12.8 Å². The molecule has 0 unspecified atom stereocenters. The summed E-state index contributed by atoms with van der Waals surface area (Å²) in [6.07, 6.45) is 16.0. The van der Waals surface area contributed by atoms with E-state index in [0.717, 1.165) is 24.1 Å². The van der Waals surface area contributed by atoms with Crippen LogP contribution in [0.3, 0.4) is 0 Å². The van der Waals surface area contributed by atoms with Gasteiger partial charge in [-0.25, -0.2) is 0 Å². The van der Waals surface area contributed by atoms with Gasteiger partial charge in [-0.2, -0.15) is 5.26 Å². The molecule has 0 aliphatic rings. The van der Waals surface area contributed by atoms with E-state index in [1.807, 2.05) is 6.08 Å². The van der Waals surface area contributed by atoms with E-state index in [-0.39, 0.29) is 0 Å². The van der Waals surface area contributed by atoms with Gasteiger partial charge in [-0.1, -0.05) is 88.8 Å². The van der Waals surface area contributed by atoms with Crippen molar-refractivity contribution in [1.82, 2.24) is 0 Å². The van der Waals surface area contributed by atoms with Crippen molar-refractivity contribution < 1.29 is 0 Å². The number of nitriles is 1. The molecule has 2 heteroatoms. The molecule has 35 heavy (non-hydrogen) atoms. The van der Waals surface area contributed by atoms with E-state index in [4.69, 9.17) is 5.26 Å². The van der Waals surface area contributed by atoms with Gasteiger partial charge in [0.15, 0.2) is 0 Å². The Bertz CT molecular complexity index is 999. The lowest BCUT2D eigenvalue weighted by Crippen LogP contribution is -2.10. The maximum atomic E-state index is 8.83. The van der Waals surface area contributed by atoms with E-state index in [1.165, 1.54) is 79.9 Å². The molecule has 0 radical (unpaired) electrons. The average molecular weight is 465 g/mol. The van der Waals surface area contributed by atoms with E-state index in [9.17, 15) is 0 Å². The summed E-state index contributed by atoms with van der Waals surface area (Å²) in [5, 5.41) is 8.83. The summed E-state index contributed by atoms with van der Waals surface area (Å²) in [6, 6.07) is 28.6.